The molecule has 0 bridgehead atoms. The van der Waals surface area contributed by atoms with Crippen molar-refractivity contribution in [3.8, 4) is 0 Å². The molecule has 0 aliphatic rings. The van der Waals surface area contributed by atoms with Gasteiger partial charge < -0.3 is 5.73 Å². The molecule has 1 aromatic rings. The highest BCUT2D eigenvalue weighted by Crippen LogP contribution is 2.24. The zero-order chi connectivity index (χ0) is 13.1. The van der Waals surface area contributed by atoms with Crippen LogP contribution in [0, 0.1) is 6.92 Å². The van der Waals surface area contributed by atoms with Crippen LogP contribution in [-0.2, 0) is 13.0 Å². The number of hydrogen-bond donors (Lipinski definition) is 1. The van der Waals surface area contributed by atoms with E-state index in [1.54, 1.807) is 0 Å². The molecular formula is C13H25N3S. The van der Waals surface area contributed by atoms with Crippen LogP contribution in [0.4, 0.5) is 0 Å². The fourth-order valence-corrected chi connectivity index (χ4v) is 2.55. The number of aromatic nitrogens is 2. The van der Waals surface area contributed by atoms with Gasteiger partial charge in [-0.05, 0) is 19.9 Å². The third kappa shape index (κ3) is 5.13. The summed E-state index contributed by atoms with van der Waals surface area (Å²) in [7, 11) is 0. The first-order valence-electron chi connectivity index (χ1n) is 6.24. The second-order valence-corrected chi connectivity index (χ2v) is 7.33. The lowest BCUT2D eigenvalue weighted by molar-refractivity contribution is 0.593. The molecule has 1 aromatic heterocycles. The van der Waals surface area contributed by atoms with Crippen molar-refractivity contribution in [1.29, 1.82) is 0 Å². The number of aryl methyl sites for hydroxylation is 2. The van der Waals surface area contributed by atoms with E-state index in [9.17, 15) is 0 Å². The summed E-state index contributed by atoms with van der Waals surface area (Å²) in [6.07, 6.45) is 0.914. The largest absolute Gasteiger partial charge is 0.327 e. The maximum Gasteiger partial charge on any atom is 0.0596 e. The van der Waals surface area contributed by atoms with Crippen LogP contribution in [0.2, 0.25) is 0 Å². The normalized spacial score (nSPS) is 14.0. The average molecular weight is 255 g/mol. The van der Waals surface area contributed by atoms with E-state index in [-0.39, 0.29) is 6.04 Å². The molecule has 0 spiro atoms. The molecule has 0 saturated carbocycles. The topological polar surface area (TPSA) is 43.8 Å². The smallest absolute Gasteiger partial charge is 0.0596 e. The van der Waals surface area contributed by atoms with Crippen LogP contribution < -0.4 is 5.73 Å². The van der Waals surface area contributed by atoms with E-state index in [0.29, 0.717) is 4.75 Å². The summed E-state index contributed by atoms with van der Waals surface area (Å²) in [5.41, 5.74) is 8.52. The Morgan fingerprint density at radius 3 is 2.65 bits per heavy atom. The van der Waals surface area contributed by atoms with E-state index in [1.165, 1.54) is 5.69 Å². The van der Waals surface area contributed by atoms with Crippen molar-refractivity contribution in [2.45, 2.75) is 58.4 Å². The van der Waals surface area contributed by atoms with Gasteiger partial charge in [-0.25, -0.2) is 0 Å². The molecule has 3 nitrogen and oxygen atoms in total. The van der Waals surface area contributed by atoms with Gasteiger partial charge in [0.05, 0.1) is 5.69 Å². The van der Waals surface area contributed by atoms with E-state index >= 15 is 0 Å². The standard InChI is InChI=1S/C13H25N3S/c1-6-16-12(7-10(2)15-16)8-11(14)9-17-13(3,4)5/h7,11H,6,8-9,14H2,1-5H3. The zero-order valence-corrected chi connectivity index (χ0v) is 12.5. The van der Waals surface area contributed by atoms with Gasteiger partial charge in [-0.1, -0.05) is 20.8 Å². The van der Waals surface area contributed by atoms with Crippen LogP contribution in [-0.4, -0.2) is 26.3 Å². The minimum absolute atomic E-state index is 0.209. The van der Waals surface area contributed by atoms with Gasteiger partial charge in [0.1, 0.15) is 0 Å². The minimum atomic E-state index is 0.209. The predicted octanol–water partition coefficient (Wildman–Crippen LogP) is 2.61. The van der Waals surface area contributed by atoms with Crippen LogP contribution in [0.5, 0.6) is 0 Å². The first-order valence-corrected chi connectivity index (χ1v) is 7.23. The molecule has 1 rings (SSSR count). The van der Waals surface area contributed by atoms with Crippen molar-refractivity contribution in [2.75, 3.05) is 5.75 Å². The molecule has 2 N–H and O–H groups in total. The summed E-state index contributed by atoms with van der Waals surface area (Å²) in [4.78, 5) is 0. The Labute approximate surface area is 109 Å². The van der Waals surface area contributed by atoms with Gasteiger partial charge in [-0.15, -0.1) is 0 Å². The molecule has 0 aliphatic carbocycles. The van der Waals surface area contributed by atoms with Crippen molar-refractivity contribution in [2.24, 2.45) is 5.73 Å². The summed E-state index contributed by atoms with van der Waals surface area (Å²) in [5.74, 6) is 0.997. The Hall–Kier alpha value is -0.480. The Morgan fingerprint density at radius 2 is 2.12 bits per heavy atom. The summed E-state index contributed by atoms with van der Waals surface area (Å²) < 4.78 is 2.34. The predicted molar refractivity (Wildman–Crippen MR) is 76.5 cm³/mol. The van der Waals surface area contributed by atoms with Gasteiger partial charge in [0.2, 0.25) is 0 Å². The minimum Gasteiger partial charge on any atom is -0.327 e. The second kappa shape index (κ2) is 5.91. The highest BCUT2D eigenvalue weighted by molar-refractivity contribution is 8.00. The van der Waals surface area contributed by atoms with Crippen LogP contribution in [0.15, 0.2) is 6.07 Å². The highest BCUT2D eigenvalue weighted by Gasteiger charge is 2.15. The fourth-order valence-electron chi connectivity index (χ4n) is 1.72. The van der Waals surface area contributed by atoms with E-state index < -0.39 is 0 Å². The van der Waals surface area contributed by atoms with Crippen LogP contribution in [0.25, 0.3) is 0 Å². The molecule has 98 valence electrons. The van der Waals surface area contributed by atoms with Crippen LogP contribution in [0.1, 0.15) is 39.1 Å². The van der Waals surface area contributed by atoms with Crippen molar-refractivity contribution in [1.82, 2.24) is 9.78 Å². The third-order valence-corrected chi connectivity index (χ3v) is 3.95. The van der Waals surface area contributed by atoms with Crippen molar-refractivity contribution in [3.63, 3.8) is 0 Å². The van der Waals surface area contributed by atoms with E-state index in [4.69, 9.17) is 5.73 Å². The van der Waals surface area contributed by atoms with Gasteiger partial charge in [0.25, 0.3) is 0 Å². The van der Waals surface area contributed by atoms with E-state index in [2.05, 4.69) is 43.5 Å². The summed E-state index contributed by atoms with van der Waals surface area (Å²) in [6, 6.07) is 2.35. The van der Waals surface area contributed by atoms with Crippen molar-refractivity contribution in [3.05, 3.63) is 17.5 Å². The average Bonchev–Trinajstić information content (AvgIpc) is 2.55. The van der Waals surface area contributed by atoms with Gasteiger partial charge in [-0.3, -0.25) is 4.68 Å². The fraction of sp³-hybridized carbons (Fsp3) is 0.769. The first kappa shape index (κ1) is 14.6. The van der Waals surface area contributed by atoms with Crippen molar-refractivity contribution < 1.29 is 0 Å². The Morgan fingerprint density at radius 1 is 1.47 bits per heavy atom. The number of nitrogens with two attached hydrogens (primary N) is 1. The van der Waals surface area contributed by atoms with Crippen LogP contribution in [0.3, 0.4) is 0 Å². The Bertz CT molecular complexity index is 352. The number of rotatable bonds is 5. The molecule has 0 aliphatic heterocycles. The lowest BCUT2D eigenvalue weighted by Crippen LogP contribution is -2.29. The lowest BCUT2D eigenvalue weighted by Gasteiger charge is -2.20. The summed E-state index contributed by atoms with van der Waals surface area (Å²) >= 11 is 1.93. The van der Waals surface area contributed by atoms with Crippen LogP contribution >= 0.6 is 11.8 Å². The molecule has 1 atom stereocenters. The molecule has 4 heteroatoms. The van der Waals surface area contributed by atoms with E-state index in [0.717, 1.165) is 24.4 Å². The molecule has 1 heterocycles. The zero-order valence-electron chi connectivity index (χ0n) is 11.7. The van der Waals surface area contributed by atoms with E-state index in [1.807, 2.05) is 18.7 Å². The summed E-state index contributed by atoms with van der Waals surface area (Å²) in [5, 5.41) is 4.45. The lowest BCUT2D eigenvalue weighted by atomic mass is 10.2. The Kier molecular flexibility index (Phi) is 5.07. The highest BCUT2D eigenvalue weighted by atomic mass is 32.2. The molecule has 0 saturated heterocycles. The van der Waals surface area contributed by atoms with Crippen molar-refractivity contribution >= 4 is 11.8 Å². The maximum absolute atomic E-state index is 6.18. The number of hydrogen-bond acceptors (Lipinski definition) is 3. The van der Waals surface area contributed by atoms with Gasteiger partial charge in [-0.2, -0.15) is 16.9 Å². The monoisotopic (exact) mass is 255 g/mol. The number of thioether (sulfide) groups is 1. The molecule has 0 aromatic carbocycles. The van der Waals surface area contributed by atoms with Gasteiger partial charge >= 0.3 is 0 Å². The van der Waals surface area contributed by atoms with Gasteiger partial charge in [0, 0.05) is 35.2 Å². The quantitative estimate of drug-likeness (QED) is 0.879. The maximum atomic E-state index is 6.18. The summed E-state index contributed by atoms with van der Waals surface area (Å²) in [6.45, 7) is 11.7. The second-order valence-electron chi connectivity index (χ2n) is 5.48. The first-order chi connectivity index (χ1) is 7.81. The third-order valence-electron chi connectivity index (χ3n) is 2.49. The molecule has 0 fully saturated rings. The number of nitrogens with zero attached hydrogens (tertiary/aromatic N) is 2. The molecule has 1 unspecified atom stereocenters. The Balaban J connectivity index is 2.52. The molecular weight excluding hydrogens is 230 g/mol. The SMILES string of the molecule is CCn1nc(C)cc1CC(N)CSC(C)(C)C. The van der Waals surface area contributed by atoms with Gasteiger partial charge in [0.15, 0.2) is 0 Å². The molecule has 17 heavy (non-hydrogen) atoms. The molecule has 0 amide bonds. The molecule has 0 radical (unpaired) electrons.